The van der Waals surface area contributed by atoms with Gasteiger partial charge in [0.05, 0.1) is 50.6 Å². The van der Waals surface area contributed by atoms with Crippen LogP contribution < -0.4 is 24.8 Å². The lowest BCUT2D eigenvalue weighted by molar-refractivity contribution is 0.275. The molecule has 3 aromatic rings. The number of hydrogen-bond donors (Lipinski definition) is 2. The Kier molecular flexibility index (Phi) is 8.27. The summed E-state index contributed by atoms with van der Waals surface area (Å²) in [6, 6.07) is 1.15. The van der Waals surface area contributed by atoms with Gasteiger partial charge in [0.15, 0.2) is 28.9 Å². The average molecular weight is 490 g/mol. The first-order valence-corrected chi connectivity index (χ1v) is 11.3. The summed E-state index contributed by atoms with van der Waals surface area (Å²) in [7, 11) is 2.58. The number of ether oxygens (including phenoxy) is 3. The van der Waals surface area contributed by atoms with Crippen LogP contribution in [0.3, 0.4) is 0 Å². The summed E-state index contributed by atoms with van der Waals surface area (Å²) < 4.78 is 46.2. The Balaban J connectivity index is 1.31. The van der Waals surface area contributed by atoms with Gasteiger partial charge < -0.3 is 29.7 Å². The SMILES string of the molecule is COc1cc(OC)c(F)c(COc2cnc(Nc3cnn(CCN4CCCNCC4)c3)nc2)c1F. The van der Waals surface area contributed by atoms with Gasteiger partial charge in [-0.05, 0) is 19.5 Å². The summed E-state index contributed by atoms with van der Waals surface area (Å²) in [5.74, 6) is -1.39. The summed E-state index contributed by atoms with van der Waals surface area (Å²) in [4.78, 5) is 10.8. The lowest BCUT2D eigenvalue weighted by Crippen LogP contribution is -2.31. The first kappa shape index (κ1) is 24.6. The summed E-state index contributed by atoms with van der Waals surface area (Å²) in [6.45, 7) is 5.55. The lowest BCUT2D eigenvalue weighted by atomic mass is 10.1. The van der Waals surface area contributed by atoms with Gasteiger partial charge in [-0.25, -0.2) is 18.7 Å². The van der Waals surface area contributed by atoms with Crippen molar-refractivity contribution in [1.29, 1.82) is 0 Å². The molecule has 35 heavy (non-hydrogen) atoms. The summed E-state index contributed by atoms with van der Waals surface area (Å²) in [5.41, 5.74) is 0.441. The number of rotatable bonds is 10. The minimum atomic E-state index is -0.852. The maximum Gasteiger partial charge on any atom is 0.227 e. The fraction of sp³-hybridized carbons (Fsp3) is 0.435. The van der Waals surface area contributed by atoms with Crippen LogP contribution in [0.5, 0.6) is 17.2 Å². The highest BCUT2D eigenvalue weighted by atomic mass is 19.1. The molecule has 4 rings (SSSR count). The summed E-state index contributed by atoms with van der Waals surface area (Å²) >= 11 is 0. The molecular formula is C23H29F2N7O3. The number of anilines is 2. The molecule has 1 saturated heterocycles. The van der Waals surface area contributed by atoms with Gasteiger partial charge in [0.1, 0.15) is 6.61 Å². The van der Waals surface area contributed by atoms with E-state index in [4.69, 9.17) is 14.2 Å². The van der Waals surface area contributed by atoms with E-state index < -0.39 is 11.6 Å². The van der Waals surface area contributed by atoms with Gasteiger partial charge in [0.25, 0.3) is 0 Å². The van der Waals surface area contributed by atoms with E-state index in [9.17, 15) is 8.78 Å². The highest BCUT2D eigenvalue weighted by molar-refractivity contribution is 5.50. The van der Waals surface area contributed by atoms with Crippen LogP contribution in [0.4, 0.5) is 20.4 Å². The molecule has 1 aromatic carbocycles. The van der Waals surface area contributed by atoms with Crippen molar-refractivity contribution in [1.82, 2.24) is 30.0 Å². The first-order valence-electron chi connectivity index (χ1n) is 11.3. The first-order chi connectivity index (χ1) is 17.1. The van der Waals surface area contributed by atoms with Crippen molar-refractivity contribution >= 4 is 11.6 Å². The fourth-order valence-corrected chi connectivity index (χ4v) is 3.72. The predicted octanol–water partition coefficient (Wildman–Crippen LogP) is 2.59. The van der Waals surface area contributed by atoms with E-state index in [2.05, 4.69) is 30.6 Å². The number of halogens is 2. The third-order valence-electron chi connectivity index (χ3n) is 5.64. The Morgan fingerprint density at radius 1 is 1.00 bits per heavy atom. The normalized spacial score (nSPS) is 14.4. The number of methoxy groups -OCH3 is 2. The molecule has 1 aliphatic rings. The second-order valence-electron chi connectivity index (χ2n) is 7.98. The molecule has 0 bridgehead atoms. The Bertz CT molecular complexity index is 1070. The van der Waals surface area contributed by atoms with Crippen molar-refractivity contribution in [3.63, 3.8) is 0 Å². The van der Waals surface area contributed by atoms with E-state index in [1.54, 1.807) is 6.20 Å². The van der Waals surface area contributed by atoms with Gasteiger partial charge in [-0.2, -0.15) is 5.10 Å². The molecule has 12 heteroatoms. The van der Waals surface area contributed by atoms with Gasteiger partial charge in [0.2, 0.25) is 5.95 Å². The van der Waals surface area contributed by atoms with Crippen molar-refractivity contribution < 1.29 is 23.0 Å². The quantitative estimate of drug-likeness (QED) is 0.445. The molecule has 10 nitrogen and oxygen atoms in total. The minimum absolute atomic E-state index is 0.137. The molecule has 3 heterocycles. The van der Waals surface area contributed by atoms with Crippen molar-refractivity contribution in [2.45, 2.75) is 19.6 Å². The van der Waals surface area contributed by atoms with Crippen LogP contribution in [0, 0.1) is 11.6 Å². The maximum absolute atomic E-state index is 14.5. The van der Waals surface area contributed by atoms with E-state index in [0.29, 0.717) is 5.95 Å². The number of aromatic nitrogens is 4. The van der Waals surface area contributed by atoms with E-state index >= 15 is 0 Å². The molecule has 0 atom stereocenters. The minimum Gasteiger partial charge on any atom is -0.494 e. The number of benzene rings is 1. The van der Waals surface area contributed by atoms with E-state index in [-0.39, 0.29) is 29.4 Å². The molecule has 0 unspecified atom stereocenters. The molecule has 0 amide bonds. The zero-order valence-electron chi connectivity index (χ0n) is 19.8. The highest BCUT2D eigenvalue weighted by Crippen LogP contribution is 2.32. The topological polar surface area (TPSA) is 98.6 Å². The average Bonchev–Trinajstić information content (AvgIpc) is 3.15. The van der Waals surface area contributed by atoms with Crippen LogP contribution in [0.25, 0.3) is 0 Å². The van der Waals surface area contributed by atoms with Gasteiger partial charge in [-0.15, -0.1) is 0 Å². The molecule has 0 spiro atoms. The number of nitrogens with one attached hydrogen (secondary N) is 2. The highest BCUT2D eigenvalue weighted by Gasteiger charge is 2.20. The predicted molar refractivity (Wildman–Crippen MR) is 125 cm³/mol. The Morgan fingerprint density at radius 2 is 1.74 bits per heavy atom. The Labute approximate surface area is 202 Å². The fourth-order valence-electron chi connectivity index (χ4n) is 3.72. The zero-order chi connectivity index (χ0) is 24.6. The Hall–Kier alpha value is -3.51. The van der Waals surface area contributed by atoms with Crippen molar-refractivity contribution in [3.8, 4) is 17.2 Å². The smallest absolute Gasteiger partial charge is 0.227 e. The maximum atomic E-state index is 14.5. The number of nitrogens with zero attached hydrogens (tertiary/aromatic N) is 5. The van der Waals surface area contributed by atoms with Crippen molar-refractivity contribution in [2.24, 2.45) is 0 Å². The summed E-state index contributed by atoms with van der Waals surface area (Å²) in [5, 5.41) is 10.9. The van der Waals surface area contributed by atoms with Crippen LogP contribution in [-0.4, -0.2) is 71.6 Å². The third-order valence-corrected chi connectivity index (χ3v) is 5.64. The summed E-state index contributed by atoms with van der Waals surface area (Å²) in [6.07, 6.45) is 7.59. The van der Waals surface area contributed by atoms with Gasteiger partial charge in [-0.1, -0.05) is 0 Å². The lowest BCUT2D eigenvalue weighted by Gasteiger charge is -2.18. The molecule has 2 N–H and O–H groups in total. The van der Waals surface area contributed by atoms with E-state index in [1.165, 1.54) is 26.6 Å². The third kappa shape index (κ3) is 6.34. The van der Waals surface area contributed by atoms with Gasteiger partial charge in [0, 0.05) is 31.9 Å². The zero-order valence-corrected chi connectivity index (χ0v) is 19.8. The molecule has 2 aromatic heterocycles. The molecular weight excluding hydrogens is 460 g/mol. The molecule has 1 fully saturated rings. The van der Waals surface area contributed by atoms with Crippen molar-refractivity contribution in [2.75, 3.05) is 52.3 Å². The van der Waals surface area contributed by atoms with Crippen LogP contribution in [0.15, 0.2) is 30.9 Å². The largest absolute Gasteiger partial charge is 0.494 e. The Morgan fingerprint density at radius 3 is 2.46 bits per heavy atom. The van der Waals surface area contributed by atoms with Gasteiger partial charge in [-0.3, -0.25) is 4.68 Å². The van der Waals surface area contributed by atoms with Crippen LogP contribution in [0.2, 0.25) is 0 Å². The molecule has 0 saturated carbocycles. The number of hydrogen-bond acceptors (Lipinski definition) is 9. The van der Waals surface area contributed by atoms with Crippen LogP contribution in [0.1, 0.15) is 12.0 Å². The second-order valence-corrected chi connectivity index (χ2v) is 7.98. The molecule has 0 radical (unpaired) electrons. The molecule has 0 aliphatic carbocycles. The standard InChI is InChI=1S/C23H29F2N7O3/c1-33-19-10-20(34-2)22(25)18(21(19)24)15-35-17-12-27-23(28-13-17)30-16-11-29-32(14-16)9-8-31-6-3-4-26-5-7-31/h10-14,26H,3-9,15H2,1-2H3,(H,27,28,30). The van der Waals surface area contributed by atoms with Gasteiger partial charge >= 0.3 is 0 Å². The van der Waals surface area contributed by atoms with Crippen LogP contribution >= 0.6 is 0 Å². The monoisotopic (exact) mass is 489 g/mol. The van der Waals surface area contributed by atoms with E-state index in [0.717, 1.165) is 57.4 Å². The molecule has 1 aliphatic heterocycles. The van der Waals surface area contributed by atoms with Crippen LogP contribution in [-0.2, 0) is 13.2 Å². The van der Waals surface area contributed by atoms with E-state index in [1.807, 2.05) is 10.9 Å². The second kappa shape index (κ2) is 11.8. The van der Waals surface area contributed by atoms with Crippen molar-refractivity contribution in [3.05, 3.63) is 48.1 Å². The molecule has 188 valence electrons.